The van der Waals surface area contributed by atoms with Crippen LogP contribution in [0.15, 0.2) is 72.3 Å². The Morgan fingerprint density at radius 2 is 1.49 bits per heavy atom. The Bertz CT molecular complexity index is 1240. The highest BCUT2D eigenvalue weighted by Crippen LogP contribution is 2.44. The number of rotatable bonds is 8. The van der Waals surface area contributed by atoms with E-state index in [9.17, 15) is 8.78 Å². The number of benzene rings is 1. The van der Waals surface area contributed by atoms with E-state index < -0.39 is 11.6 Å². The van der Waals surface area contributed by atoms with Gasteiger partial charge in [-0.05, 0) is 78.3 Å². The van der Waals surface area contributed by atoms with Crippen LogP contribution in [0.4, 0.5) is 8.78 Å². The molecule has 3 aromatic rings. The summed E-state index contributed by atoms with van der Waals surface area (Å²) in [5.41, 5.74) is 4.53. The van der Waals surface area contributed by atoms with Crippen molar-refractivity contribution in [3.8, 4) is 11.4 Å². The van der Waals surface area contributed by atoms with Gasteiger partial charge in [0.1, 0.15) is 17.5 Å². The summed E-state index contributed by atoms with van der Waals surface area (Å²) < 4.78 is 31.7. The zero-order chi connectivity index (χ0) is 28.7. The van der Waals surface area contributed by atoms with Gasteiger partial charge in [-0.1, -0.05) is 67.5 Å². The van der Waals surface area contributed by atoms with Crippen LogP contribution in [0.5, 0.6) is 0 Å². The predicted molar refractivity (Wildman–Crippen MR) is 159 cm³/mol. The molecule has 5 heteroatoms. The summed E-state index contributed by atoms with van der Waals surface area (Å²) in [4.78, 5) is 8.90. The van der Waals surface area contributed by atoms with E-state index in [0.717, 1.165) is 47.3 Å². The molecule has 2 heterocycles. The molecule has 3 nitrogen and oxygen atoms in total. The molecule has 0 bridgehead atoms. The van der Waals surface area contributed by atoms with E-state index >= 15 is 0 Å². The second-order valence-corrected chi connectivity index (χ2v) is 12.1. The smallest absolute Gasteiger partial charge is 0.146 e. The highest BCUT2D eigenvalue weighted by molar-refractivity contribution is 5.75. The van der Waals surface area contributed by atoms with E-state index in [1.165, 1.54) is 23.8 Å². The van der Waals surface area contributed by atoms with Crippen molar-refractivity contribution in [1.82, 2.24) is 14.5 Å². The maximum atomic E-state index is 14.8. The number of pyridine rings is 1. The van der Waals surface area contributed by atoms with Crippen molar-refractivity contribution in [2.45, 2.75) is 80.6 Å². The third-order valence-corrected chi connectivity index (χ3v) is 7.30. The van der Waals surface area contributed by atoms with Crippen molar-refractivity contribution >= 4 is 5.70 Å². The van der Waals surface area contributed by atoms with Crippen LogP contribution in [0, 0.1) is 35.3 Å². The topological polar surface area (TPSA) is 30.7 Å². The Balaban J connectivity index is 0.000000631. The van der Waals surface area contributed by atoms with Gasteiger partial charge in [0.15, 0.2) is 0 Å². The van der Waals surface area contributed by atoms with E-state index in [-0.39, 0.29) is 11.5 Å². The maximum absolute atomic E-state index is 14.8. The van der Waals surface area contributed by atoms with Crippen LogP contribution < -0.4 is 0 Å². The van der Waals surface area contributed by atoms with Crippen LogP contribution in [-0.2, 0) is 0 Å². The minimum atomic E-state index is -0.480. The summed E-state index contributed by atoms with van der Waals surface area (Å²) in [5.74, 6) is 2.03. The van der Waals surface area contributed by atoms with E-state index in [0.29, 0.717) is 18.3 Å². The van der Waals surface area contributed by atoms with Gasteiger partial charge in [0.2, 0.25) is 0 Å². The third-order valence-electron chi connectivity index (χ3n) is 7.30. The zero-order valence-corrected chi connectivity index (χ0v) is 24.9. The zero-order valence-electron chi connectivity index (χ0n) is 24.9. The Morgan fingerprint density at radius 1 is 0.846 bits per heavy atom. The lowest BCUT2D eigenvalue weighted by Crippen LogP contribution is -2.17. The van der Waals surface area contributed by atoms with Gasteiger partial charge in [-0.3, -0.25) is 9.55 Å². The molecule has 0 fully saturated rings. The SMILES string of the molecule is CC(C)C(C)C.CC(C)CC1=CC(c2c(F)cccc2F)CC(CC(C)C)=C1n1ccnc1-c1cccnc1. The molecular weight excluding hydrogens is 488 g/mol. The molecule has 0 spiro atoms. The van der Waals surface area contributed by atoms with Crippen LogP contribution in [0.25, 0.3) is 17.1 Å². The number of allylic oxidation sites excluding steroid dienone is 4. The van der Waals surface area contributed by atoms with Crippen molar-refractivity contribution in [2.75, 3.05) is 0 Å². The first-order chi connectivity index (χ1) is 18.5. The van der Waals surface area contributed by atoms with Gasteiger partial charge in [-0.2, -0.15) is 0 Å². The molecule has 2 aromatic heterocycles. The average Bonchev–Trinajstić information content (AvgIpc) is 3.33. The van der Waals surface area contributed by atoms with E-state index in [1.54, 1.807) is 12.4 Å². The molecule has 39 heavy (non-hydrogen) atoms. The summed E-state index contributed by atoms with van der Waals surface area (Å²) in [6, 6.07) is 8.04. The lowest BCUT2D eigenvalue weighted by molar-refractivity contribution is 0.457. The number of imidazole rings is 1. The van der Waals surface area contributed by atoms with Crippen LogP contribution >= 0.6 is 0 Å². The van der Waals surface area contributed by atoms with Crippen molar-refractivity contribution in [3.63, 3.8) is 0 Å². The Labute approximate surface area is 234 Å². The first kappa shape index (κ1) is 30.5. The molecule has 1 atom stereocenters. The number of hydrogen-bond acceptors (Lipinski definition) is 2. The van der Waals surface area contributed by atoms with Gasteiger partial charge < -0.3 is 0 Å². The van der Waals surface area contributed by atoms with Crippen molar-refractivity contribution in [3.05, 3.63) is 89.5 Å². The van der Waals surface area contributed by atoms with Gasteiger partial charge in [0, 0.05) is 47.5 Å². The lowest BCUT2D eigenvalue weighted by atomic mass is 9.78. The second kappa shape index (κ2) is 13.8. The quantitative estimate of drug-likeness (QED) is 0.288. The number of hydrogen-bond donors (Lipinski definition) is 0. The van der Waals surface area contributed by atoms with E-state index in [4.69, 9.17) is 0 Å². The average molecular weight is 534 g/mol. The monoisotopic (exact) mass is 533 g/mol. The Morgan fingerprint density at radius 3 is 2.03 bits per heavy atom. The van der Waals surface area contributed by atoms with Crippen LogP contribution in [0.3, 0.4) is 0 Å². The largest absolute Gasteiger partial charge is 0.300 e. The molecule has 1 aliphatic carbocycles. The maximum Gasteiger partial charge on any atom is 0.146 e. The summed E-state index contributed by atoms with van der Waals surface area (Å²) in [6.07, 6.45) is 11.7. The van der Waals surface area contributed by atoms with E-state index in [2.05, 4.69) is 76.0 Å². The predicted octanol–water partition coefficient (Wildman–Crippen LogP) is 9.94. The van der Waals surface area contributed by atoms with Crippen molar-refractivity contribution in [1.29, 1.82) is 0 Å². The normalized spacial score (nSPS) is 15.7. The number of aromatic nitrogens is 3. The van der Waals surface area contributed by atoms with Crippen LogP contribution in [0.1, 0.15) is 86.1 Å². The van der Waals surface area contributed by atoms with Gasteiger partial charge >= 0.3 is 0 Å². The molecule has 0 amide bonds. The van der Waals surface area contributed by atoms with Gasteiger partial charge in [0.25, 0.3) is 0 Å². The highest BCUT2D eigenvalue weighted by atomic mass is 19.1. The molecule has 210 valence electrons. The number of halogens is 2. The van der Waals surface area contributed by atoms with Crippen LogP contribution in [-0.4, -0.2) is 14.5 Å². The molecule has 1 aliphatic rings. The molecule has 1 unspecified atom stereocenters. The first-order valence-corrected chi connectivity index (χ1v) is 14.3. The number of nitrogens with zero attached hydrogens (tertiary/aromatic N) is 3. The molecule has 1 aromatic carbocycles. The summed E-state index contributed by atoms with van der Waals surface area (Å²) in [6.45, 7) is 17.7. The Hall–Kier alpha value is -3.08. The Kier molecular flexibility index (Phi) is 10.8. The molecule has 0 saturated heterocycles. The van der Waals surface area contributed by atoms with Gasteiger partial charge in [-0.25, -0.2) is 13.8 Å². The lowest BCUT2D eigenvalue weighted by Gasteiger charge is -2.31. The second-order valence-electron chi connectivity index (χ2n) is 12.1. The molecule has 0 N–H and O–H groups in total. The summed E-state index contributed by atoms with van der Waals surface area (Å²) in [5, 5.41) is 0. The first-order valence-electron chi connectivity index (χ1n) is 14.3. The molecule has 0 aliphatic heterocycles. The molecule has 4 rings (SSSR count). The molecule has 0 saturated carbocycles. The highest BCUT2D eigenvalue weighted by Gasteiger charge is 2.29. The standard InChI is InChI=1S/C28H31F2N3.C6H14/c1-18(2)13-22-15-21(26-24(29)8-5-9-25(26)30)16-23(14-19(3)4)27(22)33-12-11-32-28(33)20-7-6-10-31-17-20;1-5(2)6(3)4/h5-12,15,17-19,21H,13-14,16H2,1-4H3;5-6H,1-4H3. The minimum absolute atomic E-state index is 0.164. The van der Waals surface area contributed by atoms with Crippen molar-refractivity contribution < 1.29 is 8.78 Å². The molecule has 0 radical (unpaired) electrons. The summed E-state index contributed by atoms with van der Waals surface area (Å²) in [7, 11) is 0. The fourth-order valence-corrected chi connectivity index (χ4v) is 4.82. The summed E-state index contributed by atoms with van der Waals surface area (Å²) >= 11 is 0. The minimum Gasteiger partial charge on any atom is -0.300 e. The van der Waals surface area contributed by atoms with E-state index in [1.807, 2.05) is 24.5 Å². The third kappa shape index (κ3) is 7.97. The fourth-order valence-electron chi connectivity index (χ4n) is 4.82. The molecular formula is C34H45F2N3. The van der Waals surface area contributed by atoms with Gasteiger partial charge in [-0.15, -0.1) is 0 Å². The fraction of sp³-hybridized carbons (Fsp3) is 0.471. The van der Waals surface area contributed by atoms with Gasteiger partial charge in [0.05, 0.1) is 0 Å². The van der Waals surface area contributed by atoms with Crippen LogP contribution in [0.2, 0.25) is 0 Å². The van der Waals surface area contributed by atoms with Crippen molar-refractivity contribution in [2.24, 2.45) is 23.7 Å².